The number of nitrogens with one attached hydrogen (secondary N) is 1. The number of H-pyrrole nitrogens is 1. The first kappa shape index (κ1) is 9.85. The molecule has 1 unspecified atom stereocenters. The molecule has 1 fully saturated rings. The molecular formula is C13H17N3. The summed E-state index contributed by atoms with van der Waals surface area (Å²) in [6, 6.07) is 6.45. The molecular weight excluding hydrogens is 198 g/mol. The minimum atomic E-state index is 0.659. The van der Waals surface area contributed by atoms with Crippen LogP contribution < -0.4 is 0 Å². The molecule has 3 nitrogen and oxygen atoms in total. The first-order chi connectivity index (χ1) is 7.88. The smallest absolute Gasteiger partial charge is 0.0931 e. The normalized spacial score (nSPS) is 21.9. The molecule has 1 atom stereocenters. The van der Waals surface area contributed by atoms with Crippen LogP contribution in [0.2, 0.25) is 0 Å². The monoisotopic (exact) mass is 215 g/mol. The van der Waals surface area contributed by atoms with Crippen LogP contribution in [-0.2, 0) is 0 Å². The molecule has 0 saturated carbocycles. The van der Waals surface area contributed by atoms with E-state index in [4.69, 9.17) is 0 Å². The summed E-state index contributed by atoms with van der Waals surface area (Å²) < 4.78 is 0. The molecule has 0 radical (unpaired) electrons. The zero-order chi connectivity index (χ0) is 11.0. The summed E-state index contributed by atoms with van der Waals surface area (Å²) in [7, 11) is 0. The van der Waals surface area contributed by atoms with Crippen LogP contribution in [0, 0.1) is 0 Å². The maximum absolute atomic E-state index is 4.44. The lowest BCUT2D eigenvalue weighted by Gasteiger charge is -2.13. The van der Waals surface area contributed by atoms with E-state index in [0.717, 1.165) is 17.6 Å². The maximum atomic E-state index is 4.44. The number of hydrogen-bond donors (Lipinski definition) is 1. The highest BCUT2D eigenvalue weighted by Gasteiger charge is 2.24. The lowest BCUT2D eigenvalue weighted by Crippen LogP contribution is -2.19. The first-order valence-electron chi connectivity index (χ1n) is 6.03. The Morgan fingerprint density at radius 3 is 3.25 bits per heavy atom. The van der Waals surface area contributed by atoms with Crippen molar-refractivity contribution >= 4 is 11.0 Å². The van der Waals surface area contributed by atoms with Crippen LogP contribution in [0.3, 0.4) is 0 Å². The van der Waals surface area contributed by atoms with Gasteiger partial charge in [0.15, 0.2) is 0 Å². The SMILES string of the molecule is CCN1CCC(c2cccc3[nH]cnc23)C1. The van der Waals surface area contributed by atoms with Gasteiger partial charge >= 0.3 is 0 Å². The van der Waals surface area contributed by atoms with Crippen molar-refractivity contribution in [3.63, 3.8) is 0 Å². The van der Waals surface area contributed by atoms with Crippen molar-refractivity contribution < 1.29 is 0 Å². The van der Waals surface area contributed by atoms with Crippen LogP contribution in [0.15, 0.2) is 24.5 Å². The van der Waals surface area contributed by atoms with E-state index in [0.29, 0.717) is 5.92 Å². The Balaban J connectivity index is 1.97. The lowest BCUT2D eigenvalue weighted by atomic mass is 9.97. The number of imidazole rings is 1. The molecule has 1 N–H and O–H groups in total. The summed E-state index contributed by atoms with van der Waals surface area (Å²) >= 11 is 0. The third kappa shape index (κ3) is 1.52. The van der Waals surface area contributed by atoms with Gasteiger partial charge in [-0.2, -0.15) is 0 Å². The predicted molar refractivity (Wildman–Crippen MR) is 65.6 cm³/mol. The number of benzene rings is 1. The molecule has 1 aliphatic heterocycles. The highest BCUT2D eigenvalue weighted by Crippen LogP contribution is 2.30. The molecule has 2 heterocycles. The average molecular weight is 215 g/mol. The highest BCUT2D eigenvalue weighted by atomic mass is 15.1. The highest BCUT2D eigenvalue weighted by molar-refractivity contribution is 5.78. The summed E-state index contributed by atoms with van der Waals surface area (Å²) in [5, 5.41) is 0. The molecule has 2 aromatic rings. The molecule has 3 heteroatoms. The summed E-state index contributed by atoms with van der Waals surface area (Å²) in [6.07, 6.45) is 3.06. The Bertz CT molecular complexity index is 489. The van der Waals surface area contributed by atoms with E-state index in [2.05, 4.69) is 40.0 Å². The molecule has 0 aliphatic carbocycles. The summed E-state index contributed by atoms with van der Waals surface area (Å²) in [6.45, 7) is 5.80. The first-order valence-corrected chi connectivity index (χ1v) is 6.03. The second-order valence-electron chi connectivity index (χ2n) is 4.52. The quantitative estimate of drug-likeness (QED) is 0.834. The molecule has 84 valence electrons. The van der Waals surface area contributed by atoms with Crippen LogP contribution in [0.4, 0.5) is 0 Å². The molecule has 1 aromatic carbocycles. The van der Waals surface area contributed by atoms with Crippen molar-refractivity contribution in [2.45, 2.75) is 19.3 Å². The Hall–Kier alpha value is -1.35. The van der Waals surface area contributed by atoms with E-state index >= 15 is 0 Å². The average Bonchev–Trinajstić information content (AvgIpc) is 2.97. The molecule has 1 aromatic heterocycles. The number of likely N-dealkylation sites (N-methyl/N-ethyl adjacent to an activating group) is 1. The zero-order valence-electron chi connectivity index (χ0n) is 9.61. The fraction of sp³-hybridized carbons (Fsp3) is 0.462. The van der Waals surface area contributed by atoms with E-state index in [1.54, 1.807) is 6.33 Å². The number of hydrogen-bond acceptors (Lipinski definition) is 2. The van der Waals surface area contributed by atoms with E-state index < -0.39 is 0 Å². The van der Waals surface area contributed by atoms with Crippen LogP contribution in [0.1, 0.15) is 24.8 Å². The van der Waals surface area contributed by atoms with Gasteiger partial charge < -0.3 is 9.88 Å². The minimum Gasteiger partial charge on any atom is -0.345 e. The summed E-state index contributed by atoms with van der Waals surface area (Å²) in [4.78, 5) is 10.1. The van der Waals surface area contributed by atoms with Gasteiger partial charge in [0.2, 0.25) is 0 Å². The van der Waals surface area contributed by atoms with Gasteiger partial charge in [-0.25, -0.2) is 4.98 Å². The number of rotatable bonds is 2. The van der Waals surface area contributed by atoms with Crippen LogP contribution in [0.5, 0.6) is 0 Å². The Labute approximate surface area is 95.5 Å². The molecule has 1 aliphatic rings. The molecule has 0 spiro atoms. The maximum Gasteiger partial charge on any atom is 0.0931 e. The van der Waals surface area contributed by atoms with E-state index in [1.165, 1.54) is 25.1 Å². The van der Waals surface area contributed by atoms with E-state index in [-0.39, 0.29) is 0 Å². The topological polar surface area (TPSA) is 31.9 Å². The molecule has 1 saturated heterocycles. The fourth-order valence-electron chi connectivity index (χ4n) is 2.69. The van der Waals surface area contributed by atoms with Crippen LogP contribution >= 0.6 is 0 Å². The zero-order valence-corrected chi connectivity index (χ0v) is 9.61. The van der Waals surface area contributed by atoms with Gasteiger partial charge in [0, 0.05) is 12.5 Å². The van der Waals surface area contributed by atoms with E-state index in [9.17, 15) is 0 Å². The van der Waals surface area contributed by atoms with Crippen molar-refractivity contribution in [1.29, 1.82) is 0 Å². The van der Waals surface area contributed by atoms with E-state index in [1.807, 2.05) is 0 Å². The summed E-state index contributed by atoms with van der Waals surface area (Å²) in [5.41, 5.74) is 3.73. The number of fused-ring (bicyclic) bond motifs is 1. The van der Waals surface area contributed by atoms with Crippen molar-refractivity contribution in [3.8, 4) is 0 Å². The standard InChI is InChI=1S/C13H17N3/c1-2-16-7-6-10(8-16)11-4-3-5-12-13(11)15-9-14-12/h3-5,9-10H,2,6-8H2,1H3,(H,14,15). The molecule has 0 amide bonds. The van der Waals surface area contributed by atoms with Gasteiger partial charge in [-0.3, -0.25) is 0 Å². The number of nitrogens with zero attached hydrogens (tertiary/aromatic N) is 2. The van der Waals surface area contributed by atoms with Gasteiger partial charge in [-0.05, 0) is 31.1 Å². The number of aromatic amines is 1. The minimum absolute atomic E-state index is 0.659. The van der Waals surface area contributed by atoms with Crippen molar-refractivity contribution in [2.75, 3.05) is 19.6 Å². The number of para-hydroxylation sites is 1. The molecule has 16 heavy (non-hydrogen) atoms. The molecule has 0 bridgehead atoms. The lowest BCUT2D eigenvalue weighted by molar-refractivity contribution is 0.354. The number of likely N-dealkylation sites (tertiary alicyclic amines) is 1. The Morgan fingerprint density at radius 1 is 1.50 bits per heavy atom. The predicted octanol–water partition coefficient (Wildman–Crippen LogP) is 2.37. The third-order valence-electron chi connectivity index (χ3n) is 3.64. The van der Waals surface area contributed by atoms with Gasteiger partial charge in [-0.15, -0.1) is 0 Å². The van der Waals surface area contributed by atoms with Crippen molar-refractivity contribution in [2.24, 2.45) is 0 Å². The van der Waals surface area contributed by atoms with Gasteiger partial charge in [0.05, 0.1) is 17.4 Å². The number of aromatic nitrogens is 2. The van der Waals surface area contributed by atoms with Gasteiger partial charge in [0.1, 0.15) is 0 Å². The fourth-order valence-corrected chi connectivity index (χ4v) is 2.69. The summed E-state index contributed by atoms with van der Waals surface area (Å²) in [5.74, 6) is 0.659. The largest absolute Gasteiger partial charge is 0.345 e. The van der Waals surface area contributed by atoms with Gasteiger partial charge in [-0.1, -0.05) is 19.1 Å². The second-order valence-corrected chi connectivity index (χ2v) is 4.52. The van der Waals surface area contributed by atoms with Gasteiger partial charge in [0.25, 0.3) is 0 Å². The molecule has 3 rings (SSSR count). The Morgan fingerprint density at radius 2 is 2.44 bits per heavy atom. The van der Waals surface area contributed by atoms with Crippen LogP contribution in [0.25, 0.3) is 11.0 Å². The second kappa shape index (κ2) is 3.91. The van der Waals surface area contributed by atoms with Crippen LogP contribution in [-0.4, -0.2) is 34.5 Å². The Kier molecular flexibility index (Phi) is 2.40. The third-order valence-corrected chi connectivity index (χ3v) is 3.64. The van der Waals surface area contributed by atoms with Crippen molar-refractivity contribution in [1.82, 2.24) is 14.9 Å². The van der Waals surface area contributed by atoms with Crippen molar-refractivity contribution in [3.05, 3.63) is 30.1 Å².